The van der Waals surface area contributed by atoms with Gasteiger partial charge in [-0.05, 0) is 53.9 Å². The third-order valence-corrected chi connectivity index (χ3v) is 5.89. The third-order valence-electron chi connectivity index (χ3n) is 5.64. The van der Waals surface area contributed by atoms with E-state index in [-0.39, 0.29) is 17.9 Å². The lowest BCUT2D eigenvalue weighted by molar-refractivity contribution is -0.139. The zero-order valence-electron chi connectivity index (χ0n) is 17.8. The van der Waals surface area contributed by atoms with E-state index in [2.05, 4.69) is 0 Å². The van der Waals surface area contributed by atoms with Gasteiger partial charge in [0.2, 0.25) is 0 Å². The van der Waals surface area contributed by atoms with Crippen LogP contribution in [0.1, 0.15) is 22.7 Å². The molecule has 0 radical (unpaired) electrons. The minimum atomic E-state index is -0.872. The van der Waals surface area contributed by atoms with E-state index < -0.39 is 23.5 Å². The number of aliphatic hydroxyl groups excluding tert-OH is 1. The molecule has 1 unspecified atom stereocenters. The molecular formula is C26H21ClFNO4. The van der Waals surface area contributed by atoms with Gasteiger partial charge in [0, 0.05) is 11.6 Å². The van der Waals surface area contributed by atoms with Crippen molar-refractivity contribution in [2.75, 3.05) is 13.7 Å². The maximum Gasteiger partial charge on any atom is 0.295 e. The average molecular weight is 466 g/mol. The SMILES string of the molecule is COc1ccccc1/C(O)=C1/C(=O)C(=O)N(CCc2ccc(Cl)cc2)C1c1ccc(F)cc1. The van der Waals surface area contributed by atoms with E-state index in [4.69, 9.17) is 16.3 Å². The number of ether oxygens (including phenoxy) is 1. The van der Waals surface area contributed by atoms with Crippen molar-refractivity contribution in [2.45, 2.75) is 12.5 Å². The molecule has 1 aliphatic heterocycles. The molecule has 7 heteroatoms. The number of methoxy groups -OCH3 is 1. The Hall–Kier alpha value is -3.64. The number of aliphatic hydroxyl groups is 1. The molecule has 168 valence electrons. The van der Waals surface area contributed by atoms with Crippen LogP contribution in [0.5, 0.6) is 5.75 Å². The number of amides is 1. The standard InChI is InChI=1S/C26H21ClFNO4/c1-33-21-5-3-2-4-20(21)24(30)22-23(17-8-12-19(28)13-9-17)29(26(32)25(22)31)15-14-16-6-10-18(27)11-7-16/h2-13,23,30H,14-15H2,1H3/b24-22-. The maximum atomic E-state index is 13.6. The summed E-state index contributed by atoms with van der Waals surface area (Å²) < 4.78 is 18.9. The van der Waals surface area contributed by atoms with E-state index in [1.807, 2.05) is 12.1 Å². The van der Waals surface area contributed by atoms with E-state index in [0.717, 1.165) is 5.56 Å². The Kier molecular flexibility index (Phi) is 6.47. The van der Waals surface area contributed by atoms with Crippen LogP contribution in [-0.2, 0) is 16.0 Å². The first-order valence-corrected chi connectivity index (χ1v) is 10.7. The van der Waals surface area contributed by atoms with Crippen LogP contribution >= 0.6 is 11.6 Å². The number of para-hydroxylation sites is 1. The van der Waals surface area contributed by atoms with Gasteiger partial charge in [-0.1, -0.05) is 48.0 Å². The summed E-state index contributed by atoms with van der Waals surface area (Å²) in [5, 5.41) is 11.8. The van der Waals surface area contributed by atoms with Crippen LogP contribution < -0.4 is 4.74 Å². The molecule has 0 spiro atoms. The molecule has 1 aliphatic rings. The molecule has 1 atom stereocenters. The molecule has 1 fully saturated rings. The van der Waals surface area contributed by atoms with Gasteiger partial charge < -0.3 is 14.7 Å². The van der Waals surface area contributed by atoms with Crippen molar-refractivity contribution in [3.05, 3.63) is 106 Å². The zero-order valence-corrected chi connectivity index (χ0v) is 18.6. The molecule has 0 aliphatic carbocycles. The number of rotatable bonds is 6. The normalized spacial score (nSPS) is 17.4. The summed E-state index contributed by atoms with van der Waals surface area (Å²) in [7, 11) is 1.45. The van der Waals surface area contributed by atoms with Gasteiger partial charge in [-0.25, -0.2) is 4.39 Å². The zero-order chi connectivity index (χ0) is 23.5. The van der Waals surface area contributed by atoms with Crippen molar-refractivity contribution < 1.29 is 23.8 Å². The number of likely N-dealkylation sites (tertiary alicyclic amines) is 1. The molecule has 1 amide bonds. The van der Waals surface area contributed by atoms with E-state index in [0.29, 0.717) is 28.3 Å². The summed E-state index contributed by atoms with van der Waals surface area (Å²) in [6, 6.07) is 18.6. The molecule has 0 bridgehead atoms. The summed E-state index contributed by atoms with van der Waals surface area (Å²) in [5.74, 6) is -1.95. The first kappa shape index (κ1) is 22.6. The number of hydrogen-bond donors (Lipinski definition) is 1. The van der Waals surface area contributed by atoms with Gasteiger partial charge in [-0.2, -0.15) is 0 Å². The second-order valence-corrected chi connectivity index (χ2v) is 8.06. The van der Waals surface area contributed by atoms with Crippen molar-refractivity contribution >= 4 is 29.1 Å². The highest BCUT2D eigenvalue weighted by atomic mass is 35.5. The molecule has 4 rings (SSSR count). The van der Waals surface area contributed by atoms with Crippen molar-refractivity contribution in [1.29, 1.82) is 0 Å². The number of carbonyl (C=O) groups is 2. The summed E-state index contributed by atoms with van der Waals surface area (Å²) in [4.78, 5) is 27.5. The van der Waals surface area contributed by atoms with Crippen molar-refractivity contribution in [2.24, 2.45) is 0 Å². The molecular weight excluding hydrogens is 445 g/mol. The van der Waals surface area contributed by atoms with E-state index in [9.17, 15) is 19.1 Å². The van der Waals surface area contributed by atoms with Gasteiger partial charge in [0.05, 0.1) is 24.3 Å². The van der Waals surface area contributed by atoms with E-state index in [1.54, 1.807) is 36.4 Å². The summed E-state index contributed by atoms with van der Waals surface area (Å²) in [6.07, 6.45) is 0.469. The van der Waals surface area contributed by atoms with Crippen LogP contribution in [0.25, 0.3) is 5.76 Å². The largest absolute Gasteiger partial charge is 0.507 e. The predicted molar refractivity (Wildman–Crippen MR) is 124 cm³/mol. The Labute approximate surface area is 195 Å². The third kappa shape index (κ3) is 4.47. The van der Waals surface area contributed by atoms with Crippen LogP contribution in [0.2, 0.25) is 5.02 Å². The molecule has 1 saturated heterocycles. The molecule has 33 heavy (non-hydrogen) atoms. The summed E-state index contributed by atoms with van der Waals surface area (Å²) >= 11 is 5.95. The summed E-state index contributed by atoms with van der Waals surface area (Å²) in [5.41, 5.74) is 1.68. The second kappa shape index (κ2) is 9.46. The number of carbonyl (C=O) groups excluding carboxylic acids is 2. The highest BCUT2D eigenvalue weighted by Gasteiger charge is 2.46. The number of benzene rings is 3. The second-order valence-electron chi connectivity index (χ2n) is 7.62. The molecule has 5 nitrogen and oxygen atoms in total. The Morgan fingerprint density at radius 3 is 2.36 bits per heavy atom. The lowest BCUT2D eigenvalue weighted by Gasteiger charge is -2.25. The van der Waals surface area contributed by atoms with Crippen molar-refractivity contribution in [1.82, 2.24) is 4.90 Å². The van der Waals surface area contributed by atoms with Gasteiger partial charge in [-0.3, -0.25) is 9.59 Å². The number of Topliss-reactive ketones (excluding diaryl/α,β-unsaturated/α-hetero) is 1. The Morgan fingerprint density at radius 2 is 1.70 bits per heavy atom. The van der Waals surface area contributed by atoms with Crippen LogP contribution in [0.3, 0.4) is 0 Å². The van der Waals surface area contributed by atoms with Crippen LogP contribution in [-0.4, -0.2) is 35.4 Å². The quantitative estimate of drug-likeness (QED) is 0.310. The molecule has 3 aromatic carbocycles. The number of halogens is 2. The summed E-state index contributed by atoms with van der Waals surface area (Å²) in [6.45, 7) is 0.219. The fourth-order valence-electron chi connectivity index (χ4n) is 3.99. The minimum Gasteiger partial charge on any atom is -0.507 e. The smallest absolute Gasteiger partial charge is 0.295 e. The fourth-order valence-corrected chi connectivity index (χ4v) is 4.11. The molecule has 0 aromatic heterocycles. The fraction of sp³-hybridized carbons (Fsp3) is 0.154. The average Bonchev–Trinajstić information content (AvgIpc) is 3.08. The molecule has 0 saturated carbocycles. The highest BCUT2D eigenvalue weighted by molar-refractivity contribution is 6.46. The van der Waals surface area contributed by atoms with E-state index >= 15 is 0 Å². The number of nitrogens with zero attached hydrogens (tertiary/aromatic N) is 1. The van der Waals surface area contributed by atoms with Crippen LogP contribution in [0, 0.1) is 5.82 Å². The van der Waals surface area contributed by atoms with Gasteiger partial charge in [0.1, 0.15) is 17.3 Å². The molecule has 1 N–H and O–H groups in total. The predicted octanol–water partition coefficient (Wildman–Crippen LogP) is 5.15. The Bertz CT molecular complexity index is 1220. The first-order valence-electron chi connectivity index (χ1n) is 10.3. The lowest BCUT2D eigenvalue weighted by Crippen LogP contribution is -2.31. The topological polar surface area (TPSA) is 66.8 Å². The van der Waals surface area contributed by atoms with Gasteiger partial charge in [0.15, 0.2) is 0 Å². The maximum absolute atomic E-state index is 13.6. The van der Waals surface area contributed by atoms with Gasteiger partial charge >= 0.3 is 0 Å². The van der Waals surface area contributed by atoms with Crippen molar-refractivity contribution in [3.8, 4) is 5.75 Å². The van der Waals surface area contributed by atoms with E-state index in [1.165, 1.54) is 36.3 Å². The number of hydrogen-bond acceptors (Lipinski definition) is 4. The highest BCUT2D eigenvalue weighted by Crippen LogP contribution is 2.41. The Morgan fingerprint density at radius 1 is 1.03 bits per heavy atom. The van der Waals surface area contributed by atoms with Crippen LogP contribution in [0.15, 0.2) is 78.4 Å². The van der Waals surface area contributed by atoms with Crippen molar-refractivity contribution in [3.63, 3.8) is 0 Å². The Balaban J connectivity index is 1.79. The first-order chi connectivity index (χ1) is 15.9. The monoisotopic (exact) mass is 465 g/mol. The molecule has 3 aromatic rings. The minimum absolute atomic E-state index is 0.0628. The van der Waals surface area contributed by atoms with Gasteiger partial charge in [-0.15, -0.1) is 0 Å². The number of ketones is 1. The lowest BCUT2D eigenvalue weighted by atomic mass is 9.95. The van der Waals surface area contributed by atoms with Gasteiger partial charge in [0.25, 0.3) is 11.7 Å². The molecule has 1 heterocycles. The van der Waals surface area contributed by atoms with Crippen LogP contribution in [0.4, 0.5) is 4.39 Å².